The van der Waals surface area contributed by atoms with Crippen LogP contribution in [0, 0.1) is 0 Å². The van der Waals surface area contributed by atoms with Crippen molar-refractivity contribution in [3.63, 3.8) is 0 Å². The molecule has 0 spiro atoms. The smallest absolute Gasteiger partial charge is 0.317 e. The minimum absolute atomic E-state index is 0.106. The molecule has 0 atom stereocenters. The number of ether oxygens (including phenoxy) is 1. The van der Waals surface area contributed by atoms with E-state index in [1.165, 1.54) is 0 Å². The fourth-order valence-corrected chi connectivity index (χ4v) is 1.05. The van der Waals surface area contributed by atoms with Crippen molar-refractivity contribution in [2.24, 2.45) is 0 Å². The number of Topliss-reactive ketones (excluding diaryl/α,β-unsaturated/α-hetero) is 1. The molecule has 0 fully saturated rings. The first kappa shape index (κ1) is 10.9. The molecule has 0 aliphatic heterocycles. The molecule has 3 nitrogen and oxygen atoms in total. The number of hydrogen-bond donors (Lipinski definition) is 0. The van der Waals surface area contributed by atoms with Gasteiger partial charge < -0.3 is 4.74 Å². The maximum absolute atomic E-state index is 11.4. The van der Waals surface area contributed by atoms with Crippen LogP contribution in [0.3, 0.4) is 0 Å². The van der Waals surface area contributed by atoms with E-state index in [0.717, 1.165) is 0 Å². The van der Waals surface area contributed by atoms with Crippen LogP contribution in [-0.2, 0) is 9.53 Å². The summed E-state index contributed by atoms with van der Waals surface area (Å²) in [4.78, 5) is 22.1. The number of ketones is 1. The molecule has 14 heavy (non-hydrogen) atoms. The third-order valence-corrected chi connectivity index (χ3v) is 2.03. The van der Waals surface area contributed by atoms with Gasteiger partial charge in [-0.1, -0.05) is 46.3 Å². The summed E-state index contributed by atoms with van der Waals surface area (Å²) < 4.78 is 4.67. The van der Waals surface area contributed by atoms with Gasteiger partial charge in [0.25, 0.3) is 0 Å². The normalized spacial score (nSPS) is 9.50. The SMILES string of the molecule is O=C(CBr)OCC(=O)c1ccccc1. The molecular weight excluding hydrogens is 248 g/mol. The van der Waals surface area contributed by atoms with Crippen molar-refractivity contribution < 1.29 is 14.3 Å². The average molecular weight is 257 g/mol. The Morgan fingerprint density at radius 1 is 1.21 bits per heavy atom. The van der Waals surface area contributed by atoms with Gasteiger partial charge >= 0.3 is 5.97 Å². The van der Waals surface area contributed by atoms with Crippen molar-refractivity contribution in [3.8, 4) is 0 Å². The molecule has 1 aromatic rings. The van der Waals surface area contributed by atoms with Gasteiger partial charge in [0.2, 0.25) is 0 Å². The highest BCUT2D eigenvalue weighted by Gasteiger charge is 2.07. The van der Waals surface area contributed by atoms with Gasteiger partial charge in [0.1, 0.15) is 5.33 Å². The summed E-state index contributed by atoms with van der Waals surface area (Å²) in [6.07, 6.45) is 0. The van der Waals surface area contributed by atoms with E-state index in [2.05, 4.69) is 20.7 Å². The molecule has 74 valence electrons. The minimum atomic E-state index is -0.436. The van der Waals surface area contributed by atoms with E-state index in [1.54, 1.807) is 24.3 Å². The number of hydrogen-bond acceptors (Lipinski definition) is 3. The molecule has 1 rings (SSSR count). The van der Waals surface area contributed by atoms with Gasteiger partial charge in [-0.15, -0.1) is 0 Å². The van der Waals surface area contributed by atoms with Crippen molar-refractivity contribution in [2.45, 2.75) is 0 Å². The van der Waals surface area contributed by atoms with Crippen molar-refractivity contribution in [1.29, 1.82) is 0 Å². The van der Waals surface area contributed by atoms with Gasteiger partial charge in [-0.05, 0) is 0 Å². The number of alkyl halides is 1. The standard InChI is InChI=1S/C10H9BrO3/c11-6-10(13)14-7-9(12)8-4-2-1-3-5-8/h1-5H,6-7H2. The van der Waals surface area contributed by atoms with Gasteiger partial charge in [0.15, 0.2) is 12.4 Å². The van der Waals surface area contributed by atoms with Gasteiger partial charge in [0.05, 0.1) is 0 Å². The second kappa shape index (κ2) is 5.54. The Kier molecular flexibility index (Phi) is 4.32. The minimum Gasteiger partial charge on any atom is -0.457 e. The van der Waals surface area contributed by atoms with Gasteiger partial charge in [0, 0.05) is 5.56 Å². The van der Waals surface area contributed by atoms with Crippen LogP contribution in [0.15, 0.2) is 30.3 Å². The molecule has 0 unspecified atom stereocenters. The topological polar surface area (TPSA) is 43.4 Å². The summed E-state index contributed by atoms with van der Waals surface area (Å²) in [5.41, 5.74) is 0.551. The molecule has 0 saturated heterocycles. The summed E-state index contributed by atoms with van der Waals surface area (Å²) in [5, 5.41) is 0.106. The lowest BCUT2D eigenvalue weighted by molar-refractivity contribution is -0.139. The van der Waals surface area contributed by atoms with Crippen LogP contribution in [0.2, 0.25) is 0 Å². The predicted molar refractivity (Wildman–Crippen MR) is 55.5 cm³/mol. The lowest BCUT2D eigenvalue weighted by Crippen LogP contribution is -2.14. The number of carbonyl (C=O) groups is 2. The lowest BCUT2D eigenvalue weighted by Gasteiger charge is -2.01. The summed E-state index contributed by atoms with van der Waals surface area (Å²) in [6.45, 7) is -0.200. The maximum atomic E-state index is 11.4. The third kappa shape index (κ3) is 3.30. The molecule has 0 heterocycles. The maximum Gasteiger partial charge on any atom is 0.317 e. The molecule has 0 N–H and O–H groups in total. The Labute approximate surface area is 90.2 Å². The van der Waals surface area contributed by atoms with E-state index in [4.69, 9.17) is 0 Å². The summed E-state index contributed by atoms with van der Waals surface area (Å²) in [5.74, 6) is -0.630. The Balaban J connectivity index is 2.48. The molecule has 0 aliphatic rings. The van der Waals surface area contributed by atoms with Crippen LogP contribution in [0.4, 0.5) is 0 Å². The van der Waals surface area contributed by atoms with Crippen molar-refractivity contribution in [3.05, 3.63) is 35.9 Å². The fourth-order valence-electron chi connectivity index (χ4n) is 0.892. The van der Waals surface area contributed by atoms with Gasteiger partial charge in [-0.2, -0.15) is 0 Å². The quantitative estimate of drug-likeness (QED) is 0.469. The largest absolute Gasteiger partial charge is 0.457 e. The second-order valence-electron chi connectivity index (χ2n) is 2.58. The Morgan fingerprint density at radius 2 is 1.86 bits per heavy atom. The van der Waals surface area contributed by atoms with E-state index in [0.29, 0.717) is 5.56 Å². The number of carbonyl (C=O) groups excluding carboxylic acids is 2. The fraction of sp³-hybridized carbons (Fsp3) is 0.200. The molecular formula is C10H9BrO3. The summed E-state index contributed by atoms with van der Waals surface area (Å²) >= 11 is 2.94. The molecule has 0 saturated carbocycles. The van der Waals surface area contributed by atoms with Crippen LogP contribution in [0.1, 0.15) is 10.4 Å². The summed E-state index contributed by atoms with van der Waals surface area (Å²) in [6, 6.07) is 8.72. The zero-order valence-electron chi connectivity index (χ0n) is 7.40. The number of halogens is 1. The molecule has 4 heteroatoms. The highest BCUT2D eigenvalue weighted by Crippen LogP contribution is 2.00. The number of esters is 1. The third-order valence-electron chi connectivity index (χ3n) is 1.57. The van der Waals surface area contributed by atoms with Crippen LogP contribution in [0.25, 0.3) is 0 Å². The molecule has 1 aromatic carbocycles. The van der Waals surface area contributed by atoms with Crippen LogP contribution < -0.4 is 0 Å². The van der Waals surface area contributed by atoms with E-state index in [-0.39, 0.29) is 17.7 Å². The predicted octanol–water partition coefficient (Wildman–Crippen LogP) is 1.81. The molecule has 0 aromatic heterocycles. The second-order valence-corrected chi connectivity index (χ2v) is 3.14. The van der Waals surface area contributed by atoms with E-state index < -0.39 is 5.97 Å². The number of benzene rings is 1. The zero-order valence-corrected chi connectivity index (χ0v) is 8.99. The van der Waals surface area contributed by atoms with Crippen molar-refractivity contribution in [2.75, 3.05) is 11.9 Å². The monoisotopic (exact) mass is 256 g/mol. The van der Waals surface area contributed by atoms with Crippen LogP contribution in [0.5, 0.6) is 0 Å². The molecule has 0 radical (unpaired) electrons. The Morgan fingerprint density at radius 3 is 2.43 bits per heavy atom. The highest BCUT2D eigenvalue weighted by molar-refractivity contribution is 9.09. The molecule has 0 amide bonds. The summed E-state index contributed by atoms with van der Waals surface area (Å²) in [7, 11) is 0. The van der Waals surface area contributed by atoms with E-state index >= 15 is 0 Å². The lowest BCUT2D eigenvalue weighted by atomic mass is 10.1. The van der Waals surface area contributed by atoms with Crippen LogP contribution in [-0.4, -0.2) is 23.7 Å². The Bertz CT molecular complexity index is 321. The zero-order chi connectivity index (χ0) is 10.4. The molecule has 0 bridgehead atoms. The average Bonchev–Trinajstić information content (AvgIpc) is 2.26. The first-order valence-corrected chi connectivity index (χ1v) is 5.16. The van der Waals surface area contributed by atoms with Gasteiger partial charge in [-0.3, -0.25) is 9.59 Å². The first-order valence-electron chi connectivity index (χ1n) is 4.04. The van der Waals surface area contributed by atoms with Crippen LogP contribution >= 0.6 is 15.9 Å². The number of rotatable bonds is 4. The van der Waals surface area contributed by atoms with E-state index in [9.17, 15) is 9.59 Å². The Hall–Kier alpha value is -1.16. The van der Waals surface area contributed by atoms with Gasteiger partial charge in [-0.25, -0.2) is 0 Å². The highest BCUT2D eigenvalue weighted by atomic mass is 79.9. The van der Waals surface area contributed by atoms with E-state index in [1.807, 2.05) is 6.07 Å². The molecule has 0 aliphatic carbocycles. The van der Waals surface area contributed by atoms with Crippen molar-refractivity contribution in [1.82, 2.24) is 0 Å². The first-order chi connectivity index (χ1) is 6.74. The van der Waals surface area contributed by atoms with Crippen molar-refractivity contribution >= 4 is 27.7 Å².